The van der Waals surface area contributed by atoms with Gasteiger partial charge in [-0.05, 0) is 66.9 Å². The number of anilines is 4. The van der Waals surface area contributed by atoms with Crippen LogP contribution in [-0.4, -0.2) is 15.0 Å². The molecule has 0 radical (unpaired) electrons. The van der Waals surface area contributed by atoms with E-state index in [4.69, 9.17) is 10.7 Å². The Labute approximate surface area is 199 Å². The van der Waals surface area contributed by atoms with E-state index in [0.29, 0.717) is 5.82 Å². The van der Waals surface area contributed by atoms with Crippen molar-refractivity contribution in [1.82, 2.24) is 15.0 Å². The van der Waals surface area contributed by atoms with Crippen molar-refractivity contribution >= 4 is 22.9 Å². The van der Waals surface area contributed by atoms with Crippen molar-refractivity contribution in [3.05, 3.63) is 127 Å². The molecule has 0 amide bonds. The van der Waals surface area contributed by atoms with Crippen LogP contribution in [-0.2, 0) is 12.8 Å². The minimum Gasteiger partial charge on any atom is -0.382 e. The summed E-state index contributed by atoms with van der Waals surface area (Å²) in [6.07, 6.45) is 6.91. The number of hydrogen-bond donors (Lipinski definition) is 1. The van der Waals surface area contributed by atoms with Gasteiger partial charge in [0.1, 0.15) is 5.82 Å². The Balaban J connectivity index is 1.42. The summed E-state index contributed by atoms with van der Waals surface area (Å²) < 4.78 is 0. The van der Waals surface area contributed by atoms with Gasteiger partial charge in [0, 0.05) is 35.0 Å². The van der Waals surface area contributed by atoms with Gasteiger partial charge in [0.2, 0.25) is 0 Å². The number of nitrogens with zero attached hydrogens (tertiary/aromatic N) is 4. The average molecular weight is 444 g/mol. The molecule has 3 aromatic carbocycles. The van der Waals surface area contributed by atoms with Gasteiger partial charge >= 0.3 is 0 Å². The van der Waals surface area contributed by atoms with E-state index in [0.717, 1.165) is 46.9 Å². The van der Waals surface area contributed by atoms with E-state index < -0.39 is 0 Å². The zero-order valence-corrected chi connectivity index (χ0v) is 18.8. The highest BCUT2D eigenvalue weighted by atomic mass is 15.1. The fourth-order valence-electron chi connectivity index (χ4n) is 3.95. The van der Waals surface area contributed by atoms with Crippen molar-refractivity contribution in [2.24, 2.45) is 0 Å². The minimum atomic E-state index is 0.480. The Kier molecular flexibility index (Phi) is 6.25. The van der Waals surface area contributed by atoms with Crippen LogP contribution < -0.4 is 10.6 Å². The Morgan fingerprint density at radius 1 is 0.647 bits per heavy atom. The highest BCUT2D eigenvalue weighted by Gasteiger charge is 2.13. The van der Waals surface area contributed by atoms with Gasteiger partial charge in [-0.15, -0.1) is 0 Å². The Morgan fingerprint density at radius 2 is 1.24 bits per heavy atom. The van der Waals surface area contributed by atoms with Crippen molar-refractivity contribution in [3.63, 3.8) is 0 Å². The van der Waals surface area contributed by atoms with Crippen molar-refractivity contribution in [3.8, 4) is 11.3 Å². The van der Waals surface area contributed by atoms with Crippen LogP contribution in [0.15, 0.2) is 116 Å². The lowest BCUT2D eigenvalue weighted by Gasteiger charge is -2.25. The zero-order chi connectivity index (χ0) is 23.2. The SMILES string of the molecule is Nc1ncc(-c2ccc(N(c3ccccc3)c3ccccc3)cc2)nc1CCc1ccncc1. The predicted molar refractivity (Wildman–Crippen MR) is 138 cm³/mol. The van der Waals surface area contributed by atoms with E-state index in [-0.39, 0.29) is 0 Å². The monoisotopic (exact) mass is 443 g/mol. The van der Waals surface area contributed by atoms with Crippen LogP contribution in [0.1, 0.15) is 11.3 Å². The standard InChI is InChI=1S/C29H25N5/c30-29-27(16-11-22-17-19-31-20-18-22)33-28(21-32-29)23-12-14-26(15-13-23)34(24-7-3-1-4-8-24)25-9-5-2-6-10-25/h1-10,12-15,17-21H,11,16H2,(H2,30,32). The molecule has 2 aromatic heterocycles. The van der Waals surface area contributed by atoms with Gasteiger partial charge in [-0.3, -0.25) is 4.98 Å². The first kappa shape index (κ1) is 21.3. The number of pyridine rings is 1. The van der Waals surface area contributed by atoms with E-state index in [1.165, 1.54) is 5.56 Å². The van der Waals surface area contributed by atoms with Crippen molar-refractivity contribution in [1.29, 1.82) is 0 Å². The second-order valence-electron chi connectivity index (χ2n) is 8.00. The van der Waals surface area contributed by atoms with E-state index in [1.54, 1.807) is 18.6 Å². The van der Waals surface area contributed by atoms with Gasteiger partial charge in [-0.2, -0.15) is 0 Å². The quantitative estimate of drug-likeness (QED) is 0.316. The van der Waals surface area contributed by atoms with Gasteiger partial charge in [0.25, 0.3) is 0 Å². The number of rotatable bonds is 7. The molecule has 0 saturated carbocycles. The molecule has 0 aliphatic carbocycles. The molecule has 5 heteroatoms. The Morgan fingerprint density at radius 3 is 1.85 bits per heavy atom. The Bertz CT molecular complexity index is 1300. The summed E-state index contributed by atoms with van der Waals surface area (Å²) >= 11 is 0. The molecular weight excluding hydrogens is 418 g/mol. The molecule has 2 heterocycles. The number of hydrogen-bond acceptors (Lipinski definition) is 5. The summed E-state index contributed by atoms with van der Waals surface area (Å²) in [5, 5.41) is 0. The molecule has 0 spiro atoms. The van der Waals surface area contributed by atoms with Gasteiger partial charge in [0.05, 0.1) is 17.6 Å². The molecule has 0 bridgehead atoms. The first-order valence-electron chi connectivity index (χ1n) is 11.3. The zero-order valence-electron chi connectivity index (χ0n) is 18.8. The number of para-hydroxylation sites is 2. The van der Waals surface area contributed by atoms with E-state index in [9.17, 15) is 0 Å². The molecule has 0 unspecified atom stereocenters. The van der Waals surface area contributed by atoms with Crippen molar-refractivity contribution < 1.29 is 0 Å². The molecule has 0 atom stereocenters. The molecule has 166 valence electrons. The van der Waals surface area contributed by atoms with Gasteiger partial charge < -0.3 is 10.6 Å². The molecule has 5 aromatic rings. The molecule has 0 aliphatic rings. The number of benzene rings is 3. The van der Waals surface area contributed by atoms with Crippen LogP contribution in [0.3, 0.4) is 0 Å². The first-order chi connectivity index (χ1) is 16.8. The molecule has 5 rings (SSSR count). The molecule has 2 N–H and O–H groups in total. The Hall–Kier alpha value is -4.51. The van der Waals surface area contributed by atoms with Crippen LogP contribution in [0.25, 0.3) is 11.3 Å². The third kappa shape index (κ3) is 4.79. The summed E-state index contributed by atoms with van der Waals surface area (Å²) in [7, 11) is 0. The summed E-state index contributed by atoms with van der Waals surface area (Å²) in [4.78, 5) is 15.6. The third-order valence-corrected chi connectivity index (χ3v) is 5.73. The highest BCUT2D eigenvalue weighted by molar-refractivity contribution is 5.77. The first-order valence-corrected chi connectivity index (χ1v) is 11.3. The maximum atomic E-state index is 6.13. The second kappa shape index (κ2) is 9.96. The van der Waals surface area contributed by atoms with Gasteiger partial charge in [-0.25, -0.2) is 9.97 Å². The molecule has 5 nitrogen and oxygen atoms in total. The number of aromatic nitrogens is 3. The number of aryl methyl sites for hydroxylation is 2. The summed E-state index contributed by atoms with van der Waals surface area (Å²) in [5.41, 5.74) is 13.2. The lowest BCUT2D eigenvalue weighted by atomic mass is 10.1. The summed E-state index contributed by atoms with van der Waals surface area (Å²) in [6, 6.07) is 33.1. The van der Waals surface area contributed by atoms with E-state index in [1.807, 2.05) is 24.3 Å². The fraction of sp³-hybridized carbons (Fsp3) is 0.0690. The normalized spacial score (nSPS) is 10.7. The predicted octanol–water partition coefficient (Wildman–Crippen LogP) is 6.38. The van der Waals surface area contributed by atoms with Crippen LogP contribution in [0, 0.1) is 0 Å². The van der Waals surface area contributed by atoms with Crippen LogP contribution in [0.5, 0.6) is 0 Å². The number of nitrogens with two attached hydrogens (primary N) is 1. The maximum absolute atomic E-state index is 6.13. The topological polar surface area (TPSA) is 67.9 Å². The van der Waals surface area contributed by atoms with Crippen molar-refractivity contribution in [2.75, 3.05) is 10.6 Å². The summed E-state index contributed by atoms with van der Waals surface area (Å²) in [5.74, 6) is 0.480. The van der Waals surface area contributed by atoms with Crippen LogP contribution >= 0.6 is 0 Å². The van der Waals surface area contributed by atoms with E-state index >= 15 is 0 Å². The van der Waals surface area contributed by atoms with Gasteiger partial charge in [-0.1, -0.05) is 48.5 Å². The molecule has 0 aliphatic heterocycles. The molecule has 0 saturated heterocycles. The summed E-state index contributed by atoms with van der Waals surface area (Å²) in [6.45, 7) is 0. The van der Waals surface area contributed by atoms with Crippen LogP contribution in [0.4, 0.5) is 22.9 Å². The van der Waals surface area contributed by atoms with Crippen molar-refractivity contribution in [2.45, 2.75) is 12.8 Å². The van der Waals surface area contributed by atoms with Gasteiger partial charge in [0.15, 0.2) is 0 Å². The van der Waals surface area contributed by atoms with Crippen LogP contribution in [0.2, 0.25) is 0 Å². The molecule has 34 heavy (non-hydrogen) atoms. The lowest BCUT2D eigenvalue weighted by molar-refractivity contribution is 0.904. The smallest absolute Gasteiger partial charge is 0.145 e. The molecular formula is C29H25N5. The lowest BCUT2D eigenvalue weighted by Crippen LogP contribution is -2.09. The minimum absolute atomic E-state index is 0.480. The maximum Gasteiger partial charge on any atom is 0.145 e. The average Bonchev–Trinajstić information content (AvgIpc) is 2.91. The highest BCUT2D eigenvalue weighted by Crippen LogP contribution is 2.35. The van der Waals surface area contributed by atoms with E-state index in [2.05, 4.69) is 87.7 Å². The third-order valence-electron chi connectivity index (χ3n) is 5.73. The fourth-order valence-corrected chi connectivity index (χ4v) is 3.95. The number of nitrogen functional groups attached to an aromatic ring is 1. The molecule has 0 fully saturated rings. The largest absolute Gasteiger partial charge is 0.382 e. The second-order valence-corrected chi connectivity index (χ2v) is 8.00.